The minimum atomic E-state index is -3.41. The molecule has 1 saturated carbocycles. The molecule has 4 nitrogen and oxygen atoms in total. The molecule has 1 fully saturated rings. The van der Waals surface area contributed by atoms with Crippen molar-refractivity contribution in [1.29, 1.82) is 0 Å². The molecule has 0 saturated heterocycles. The summed E-state index contributed by atoms with van der Waals surface area (Å²) in [6.07, 6.45) is 5.39. The molecular weight excluding hydrogens is 304 g/mol. The van der Waals surface area contributed by atoms with Gasteiger partial charge < -0.3 is 5.32 Å². The van der Waals surface area contributed by atoms with Crippen molar-refractivity contribution in [2.24, 2.45) is 0 Å². The van der Waals surface area contributed by atoms with Gasteiger partial charge >= 0.3 is 0 Å². The Bertz CT molecular complexity index is 558. The molecule has 6 heteroatoms. The van der Waals surface area contributed by atoms with Crippen molar-refractivity contribution in [3.05, 3.63) is 15.8 Å². The molecule has 0 spiro atoms. The standard InChI is InChI=1S/C15H26N2O2S2/c1-11(2)16-9-14-15(12(3)10-20-14)21(18,19)17-13-7-5-4-6-8-13/h10-11,13,16-17H,4-9H2,1-3H3. The Balaban J connectivity index is 2.16. The molecule has 1 aromatic heterocycles. The van der Waals surface area contributed by atoms with Crippen LogP contribution in [0.3, 0.4) is 0 Å². The van der Waals surface area contributed by atoms with Crippen LogP contribution in [0.1, 0.15) is 56.4 Å². The molecule has 0 radical (unpaired) electrons. The Morgan fingerprint density at radius 2 is 1.95 bits per heavy atom. The van der Waals surface area contributed by atoms with Gasteiger partial charge in [-0.1, -0.05) is 33.1 Å². The van der Waals surface area contributed by atoms with E-state index in [9.17, 15) is 8.42 Å². The summed E-state index contributed by atoms with van der Waals surface area (Å²) in [5, 5.41) is 5.25. The third-order valence-corrected chi connectivity index (χ3v) is 6.84. The first-order chi connectivity index (χ1) is 9.90. The molecule has 0 atom stereocenters. The number of nitrogens with one attached hydrogen (secondary N) is 2. The van der Waals surface area contributed by atoms with E-state index in [1.54, 1.807) is 0 Å². The molecule has 0 amide bonds. The zero-order valence-corrected chi connectivity index (χ0v) is 14.7. The predicted octanol–water partition coefficient (Wildman–Crippen LogP) is 3.17. The van der Waals surface area contributed by atoms with Crippen molar-refractivity contribution in [2.45, 2.75) is 76.4 Å². The molecule has 0 unspecified atom stereocenters. The van der Waals surface area contributed by atoms with Crippen molar-refractivity contribution >= 4 is 21.4 Å². The van der Waals surface area contributed by atoms with Gasteiger partial charge in [0.05, 0.1) is 0 Å². The summed E-state index contributed by atoms with van der Waals surface area (Å²) in [6.45, 7) is 6.62. The SMILES string of the molecule is Cc1csc(CNC(C)C)c1S(=O)(=O)NC1CCCCC1. The highest BCUT2D eigenvalue weighted by molar-refractivity contribution is 7.89. The van der Waals surface area contributed by atoms with E-state index in [1.807, 2.05) is 12.3 Å². The highest BCUT2D eigenvalue weighted by Crippen LogP contribution is 2.28. The molecule has 1 heterocycles. The molecule has 21 heavy (non-hydrogen) atoms. The largest absolute Gasteiger partial charge is 0.310 e. The summed E-state index contributed by atoms with van der Waals surface area (Å²) >= 11 is 1.53. The Hall–Kier alpha value is -0.430. The minimum absolute atomic E-state index is 0.106. The van der Waals surface area contributed by atoms with Crippen LogP contribution < -0.4 is 10.0 Å². The van der Waals surface area contributed by atoms with E-state index in [4.69, 9.17) is 0 Å². The number of rotatable bonds is 6. The fourth-order valence-electron chi connectivity index (χ4n) is 2.77. The van der Waals surface area contributed by atoms with Gasteiger partial charge in [0.15, 0.2) is 0 Å². The lowest BCUT2D eigenvalue weighted by molar-refractivity contribution is 0.412. The Morgan fingerprint density at radius 3 is 2.57 bits per heavy atom. The van der Waals surface area contributed by atoms with Crippen LogP contribution in [-0.4, -0.2) is 20.5 Å². The summed E-state index contributed by atoms with van der Waals surface area (Å²) in [4.78, 5) is 1.40. The van der Waals surface area contributed by atoms with Crippen molar-refractivity contribution in [3.8, 4) is 0 Å². The van der Waals surface area contributed by atoms with Crippen LogP contribution in [0.5, 0.6) is 0 Å². The average Bonchev–Trinajstić information content (AvgIpc) is 2.79. The summed E-state index contributed by atoms with van der Waals surface area (Å²) in [6, 6.07) is 0.447. The van der Waals surface area contributed by atoms with Gasteiger partial charge in [-0.3, -0.25) is 0 Å². The quantitative estimate of drug-likeness (QED) is 0.842. The molecule has 0 bridgehead atoms. The molecule has 0 aliphatic heterocycles. The Kier molecular flexibility index (Phi) is 5.82. The first-order valence-corrected chi connectivity index (χ1v) is 10.1. The smallest absolute Gasteiger partial charge is 0.242 e. The molecule has 1 aliphatic carbocycles. The van der Waals surface area contributed by atoms with Crippen molar-refractivity contribution in [1.82, 2.24) is 10.0 Å². The highest BCUT2D eigenvalue weighted by Gasteiger charge is 2.26. The van der Waals surface area contributed by atoms with E-state index >= 15 is 0 Å². The Labute approximate surface area is 132 Å². The third-order valence-electron chi connectivity index (χ3n) is 3.86. The Morgan fingerprint density at radius 1 is 1.29 bits per heavy atom. The average molecular weight is 331 g/mol. The maximum Gasteiger partial charge on any atom is 0.242 e. The maximum atomic E-state index is 12.7. The predicted molar refractivity (Wildman–Crippen MR) is 88.2 cm³/mol. The van der Waals surface area contributed by atoms with E-state index in [2.05, 4.69) is 23.9 Å². The fourth-order valence-corrected chi connectivity index (χ4v) is 5.83. The van der Waals surface area contributed by atoms with Crippen molar-refractivity contribution < 1.29 is 8.42 Å². The van der Waals surface area contributed by atoms with Gasteiger partial charge in [-0.15, -0.1) is 11.3 Å². The second-order valence-electron chi connectivity index (χ2n) is 6.16. The van der Waals surface area contributed by atoms with Crippen molar-refractivity contribution in [2.75, 3.05) is 0 Å². The van der Waals surface area contributed by atoms with Crippen molar-refractivity contribution in [3.63, 3.8) is 0 Å². The number of sulfonamides is 1. The van der Waals surface area contributed by atoms with E-state index in [0.29, 0.717) is 17.5 Å². The molecule has 2 rings (SSSR count). The first kappa shape index (κ1) is 16.9. The molecule has 0 aromatic carbocycles. The normalized spacial score (nSPS) is 17.5. The molecule has 1 aliphatic rings. The van der Waals surface area contributed by atoms with Crippen LogP contribution >= 0.6 is 11.3 Å². The lowest BCUT2D eigenvalue weighted by Crippen LogP contribution is -2.36. The third kappa shape index (κ3) is 4.52. The lowest BCUT2D eigenvalue weighted by Gasteiger charge is -2.23. The van der Waals surface area contributed by atoms with Crippen LogP contribution in [0, 0.1) is 6.92 Å². The second kappa shape index (κ2) is 7.22. The van der Waals surface area contributed by atoms with Gasteiger partial charge in [0, 0.05) is 23.5 Å². The van der Waals surface area contributed by atoms with Crippen LogP contribution in [0.15, 0.2) is 10.3 Å². The van der Waals surface area contributed by atoms with E-state index in [1.165, 1.54) is 17.8 Å². The van der Waals surface area contributed by atoms with Gasteiger partial charge in [-0.2, -0.15) is 0 Å². The molecular formula is C15H26N2O2S2. The molecule has 1 aromatic rings. The first-order valence-electron chi connectivity index (χ1n) is 7.73. The van der Waals surface area contributed by atoms with E-state index < -0.39 is 10.0 Å². The highest BCUT2D eigenvalue weighted by atomic mass is 32.2. The molecule has 120 valence electrons. The van der Waals surface area contributed by atoms with Crippen LogP contribution in [-0.2, 0) is 16.6 Å². The summed E-state index contributed by atoms with van der Waals surface area (Å²) in [5.74, 6) is 0. The zero-order valence-electron chi connectivity index (χ0n) is 13.1. The number of thiophene rings is 1. The number of aryl methyl sites for hydroxylation is 1. The van der Waals surface area contributed by atoms with E-state index in [-0.39, 0.29) is 6.04 Å². The van der Waals surface area contributed by atoms with E-state index in [0.717, 1.165) is 36.1 Å². The van der Waals surface area contributed by atoms with Gasteiger partial charge in [0.1, 0.15) is 4.90 Å². The lowest BCUT2D eigenvalue weighted by atomic mass is 9.96. The number of hydrogen-bond donors (Lipinski definition) is 2. The van der Waals surface area contributed by atoms with Gasteiger partial charge in [0.2, 0.25) is 10.0 Å². The maximum absolute atomic E-state index is 12.7. The van der Waals surface area contributed by atoms with Gasteiger partial charge in [-0.25, -0.2) is 13.1 Å². The summed E-state index contributed by atoms with van der Waals surface area (Å²) in [7, 11) is -3.41. The van der Waals surface area contributed by atoms with Crippen LogP contribution in [0.25, 0.3) is 0 Å². The summed E-state index contributed by atoms with van der Waals surface area (Å²) in [5.41, 5.74) is 0.851. The van der Waals surface area contributed by atoms with Crippen LogP contribution in [0.2, 0.25) is 0 Å². The molecule has 2 N–H and O–H groups in total. The van der Waals surface area contributed by atoms with Gasteiger partial charge in [0.25, 0.3) is 0 Å². The minimum Gasteiger partial charge on any atom is -0.310 e. The van der Waals surface area contributed by atoms with Crippen LogP contribution in [0.4, 0.5) is 0 Å². The zero-order chi connectivity index (χ0) is 15.5. The number of hydrogen-bond acceptors (Lipinski definition) is 4. The fraction of sp³-hybridized carbons (Fsp3) is 0.733. The van der Waals surface area contributed by atoms with Gasteiger partial charge in [-0.05, 0) is 30.7 Å². The summed E-state index contributed by atoms with van der Waals surface area (Å²) < 4.78 is 28.3. The second-order valence-corrected chi connectivity index (χ2v) is 8.78. The monoisotopic (exact) mass is 330 g/mol. The topological polar surface area (TPSA) is 58.2 Å².